The zero-order valence-electron chi connectivity index (χ0n) is 7.48. The van der Waals surface area contributed by atoms with Crippen LogP contribution in [0.4, 0.5) is 0 Å². The Balaban J connectivity index is 2.81. The number of hydrogen-bond acceptors (Lipinski definition) is 3. The molecule has 5 heteroatoms. The highest BCUT2D eigenvalue weighted by Gasteiger charge is 2.03. The lowest BCUT2D eigenvalue weighted by atomic mass is 10.3. The third-order valence-corrected chi connectivity index (χ3v) is 2.38. The minimum Gasteiger partial charge on any atom is -0.320 e. The number of hydrogen-bond donors (Lipinski definition) is 1. The van der Waals surface area contributed by atoms with Gasteiger partial charge < -0.3 is 4.57 Å². The lowest BCUT2D eigenvalue weighted by Crippen LogP contribution is -2.03. The fourth-order valence-electron chi connectivity index (χ4n) is 1.21. The van der Waals surface area contributed by atoms with Gasteiger partial charge in [-0.15, -0.1) is 0 Å². The van der Waals surface area contributed by atoms with E-state index < -0.39 is 0 Å². The Morgan fingerprint density at radius 2 is 2.31 bits per heavy atom. The van der Waals surface area contributed by atoms with E-state index >= 15 is 0 Å². The van der Waals surface area contributed by atoms with Gasteiger partial charge in [0.2, 0.25) is 0 Å². The molecule has 0 saturated heterocycles. The third-order valence-electron chi connectivity index (χ3n) is 1.95. The van der Waals surface area contributed by atoms with Gasteiger partial charge in [-0.25, -0.2) is 4.98 Å². The second-order valence-electron chi connectivity index (χ2n) is 3.18. The molecule has 2 aromatic heterocycles. The first-order valence-electron chi connectivity index (χ1n) is 4.10. The molecule has 2 aromatic rings. The molecule has 0 aliphatic heterocycles. The molecule has 0 spiro atoms. The van der Waals surface area contributed by atoms with Gasteiger partial charge >= 0.3 is 0 Å². The summed E-state index contributed by atoms with van der Waals surface area (Å²) in [6.07, 6.45) is 3.46. The van der Waals surface area contributed by atoms with Gasteiger partial charge in [-0.1, -0.05) is 12.2 Å². The van der Waals surface area contributed by atoms with Crippen LogP contribution in [-0.4, -0.2) is 19.7 Å². The molecule has 2 rings (SSSR count). The van der Waals surface area contributed by atoms with Crippen LogP contribution in [-0.2, 0) is 0 Å². The van der Waals surface area contributed by atoms with Crippen molar-refractivity contribution in [3.63, 3.8) is 0 Å². The zero-order valence-corrected chi connectivity index (χ0v) is 8.30. The number of fused-ring (bicyclic) bond motifs is 1. The van der Waals surface area contributed by atoms with Gasteiger partial charge in [0, 0.05) is 6.04 Å². The van der Waals surface area contributed by atoms with Gasteiger partial charge in [0.05, 0.1) is 17.9 Å². The van der Waals surface area contributed by atoms with Crippen molar-refractivity contribution >= 4 is 23.3 Å². The van der Waals surface area contributed by atoms with Crippen molar-refractivity contribution in [1.29, 1.82) is 0 Å². The van der Waals surface area contributed by atoms with Crippen molar-refractivity contribution in [3.05, 3.63) is 17.2 Å². The van der Waals surface area contributed by atoms with E-state index in [-0.39, 0.29) is 0 Å². The van der Waals surface area contributed by atoms with Gasteiger partial charge in [0.1, 0.15) is 4.64 Å². The zero-order chi connectivity index (χ0) is 9.42. The quantitative estimate of drug-likeness (QED) is 0.707. The first-order chi connectivity index (χ1) is 6.20. The van der Waals surface area contributed by atoms with E-state index in [0.29, 0.717) is 6.04 Å². The first-order valence-corrected chi connectivity index (χ1v) is 4.51. The Morgan fingerprint density at radius 3 is 3.00 bits per heavy atom. The molecule has 0 aromatic carbocycles. The lowest BCUT2D eigenvalue weighted by Gasteiger charge is -2.09. The van der Waals surface area contributed by atoms with E-state index in [4.69, 9.17) is 12.2 Å². The van der Waals surface area contributed by atoms with E-state index in [0.717, 1.165) is 15.7 Å². The fraction of sp³-hybridized carbons (Fsp3) is 0.375. The lowest BCUT2D eigenvalue weighted by molar-refractivity contribution is 0.583. The molecule has 4 nitrogen and oxygen atoms in total. The molecular formula is C8H10N4S. The van der Waals surface area contributed by atoms with Crippen LogP contribution >= 0.6 is 12.2 Å². The van der Waals surface area contributed by atoms with Crippen LogP contribution < -0.4 is 0 Å². The standard InChI is InChI=1S/C8H10N4S/c1-5(2)12-4-9-7-6(8(12)13)3-10-11-7/h3-5H,1-2H3,(H,10,11). The molecule has 2 heterocycles. The van der Waals surface area contributed by atoms with Crippen LogP contribution in [0, 0.1) is 4.64 Å². The minimum atomic E-state index is 0.333. The maximum atomic E-state index is 5.29. The molecule has 0 unspecified atom stereocenters. The number of H-pyrrole nitrogens is 1. The molecule has 0 fully saturated rings. The smallest absolute Gasteiger partial charge is 0.159 e. The monoisotopic (exact) mass is 194 g/mol. The largest absolute Gasteiger partial charge is 0.320 e. The van der Waals surface area contributed by atoms with Gasteiger partial charge in [-0.05, 0) is 13.8 Å². The molecular weight excluding hydrogens is 184 g/mol. The van der Waals surface area contributed by atoms with Gasteiger partial charge in [-0.2, -0.15) is 5.10 Å². The third kappa shape index (κ3) is 1.25. The SMILES string of the molecule is CC(C)n1cnc2[nH]ncc2c1=S. The predicted octanol–water partition coefficient (Wildman–Crippen LogP) is 2.07. The number of nitrogens with zero attached hydrogens (tertiary/aromatic N) is 3. The first kappa shape index (κ1) is 8.37. The summed E-state index contributed by atoms with van der Waals surface area (Å²) in [5.74, 6) is 0. The predicted molar refractivity (Wildman–Crippen MR) is 53.1 cm³/mol. The average molecular weight is 194 g/mol. The highest BCUT2D eigenvalue weighted by molar-refractivity contribution is 7.71. The number of rotatable bonds is 1. The Bertz CT molecular complexity index is 482. The average Bonchev–Trinajstić information content (AvgIpc) is 2.52. The summed E-state index contributed by atoms with van der Waals surface area (Å²) < 4.78 is 2.74. The molecule has 1 N–H and O–H groups in total. The van der Waals surface area contributed by atoms with Crippen LogP contribution in [0.15, 0.2) is 12.5 Å². The van der Waals surface area contributed by atoms with Crippen molar-refractivity contribution in [2.45, 2.75) is 19.9 Å². The van der Waals surface area contributed by atoms with Crippen LogP contribution in [0.1, 0.15) is 19.9 Å². The summed E-state index contributed by atoms with van der Waals surface area (Å²) in [4.78, 5) is 4.20. The highest BCUT2D eigenvalue weighted by Crippen LogP contribution is 2.12. The molecule has 0 aliphatic carbocycles. The second kappa shape index (κ2) is 2.92. The summed E-state index contributed by atoms with van der Waals surface area (Å²) in [6.45, 7) is 4.15. The summed E-state index contributed by atoms with van der Waals surface area (Å²) in [7, 11) is 0. The molecule has 0 bridgehead atoms. The van der Waals surface area contributed by atoms with Crippen molar-refractivity contribution in [1.82, 2.24) is 19.7 Å². The van der Waals surface area contributed by atoms with Crippen molar-refractivity contribution in [3.8, 4) is 0 Å². The molecule has 13 heavy (non-hydrogen) atoms. The normalized spacial score (nSPS) is 11.3. The Labute approximate surface area is 80.6 Å². The van der Waals surface area contributed by atoms with Crippen LogP contribution in [0.3, 0.4) is 0 Å². The van der Waals surface area contributed by atoms with Crippen molar-refractivity contribution in [2.75, 3.05) is 0 Å². The molecule has 0 atom stereocenters. The van der Waals surface area contributed by atoms with Gasteiger partial charge in [0.25, 0.3) is 0 Å². The van der Waals surface area contributed by atoms with Crippen LogP contribution in [0.2, 0.25) is 0 Å². The molecule has 0 radical (unpaired) electrons. The Kier molecular flexibility index (Phi) is 1.88. The maximum Gasteiger partial charge on any atom is 0.159 e. The fourth-order valence-corrected chi connectivity index (χ4v) is 1.62. The molecule has 0 saturated carbocycles. The Morgan fingerprint density at radius 1 is 1.54 bits per heavy atom. The number of aromatic nitrogens is 4. The Hall–Kier alpha value is -1.23. The minimum absolute atomic E-state index is 0.333. The summed E-state index contributed by atoms with van der Waals surface area (Å²) in [5, 5.41) is 7.59. The summed E-state index contributed by atoms with van der Waals surface area (Å²) >= 11 is 5.29. The van der Waals surface area contributed by atoms with Crippen molar-refractivity contribution in [2.24, 2.45) is 0 Å². The molecule has 0 aliphatic rings. The molecule has 0 amide bonds. The molecule has 68 valence electrons. The van der Waals surface area contributed by atoms with Crippen LogP contribution in [0.25, 0.3) is 11.0 Å². The highest BCUT2D eigenvalue weighted by atomic mass is 32.1. The maximum absolute atomic E-state index is 5.29. The van der Waals surface area contributed by atoms with E-state index in [1.807, 2.05) is 4.57 Å². The van der Waals surface area contributed by atoms with E-state index in [2.05, 4.69) is 29.0 Å². The number of nitrogens with one attached hydrogen (secondary N) is 1. The number of aromatic amines is 1. The van der Waals surface area contributed by atoms with Gasteiger partial charge in [0.15, 0.2) is 5.65 Å². The van der Waals surface area contributed by atoms with E-state index in [1.54, 1.807) is 12.5 Å². The van der Waals surface area contributed by atoms with Crippen molar-refractivity contribution < 1.29 is 0 Å². The van der Waals surface area contributed by atoms with E-state index in [9.17, 15) is 0 Å². The van der Waals surface area contributed by atoms with Crippen LogP contribution in [0.5, 0.6) is 0 Å². The summed E-state index contributed by atoms with van der Waals surface area (Å²) in [6, 6.07) is 0.333. The van der Waals surface area contributed by atoms with Gasteiger partial charge in [-0.3, -0.25) is 5.10 Å². The van der Waals surface area contributed by atoms with E-state index in [1.165, 1.54) is 0 Å². The topological polar surface area (TPSA) is 46.5 Å². The second-order valence-corrected chi connectivity index (χ2v) is 3.57. The summed E-state index contributed by atoms with van der Waals surface area (Å²) in [5.41, 5.74) is 0.752.